The molecule has 1 N–H and O–H groups in total. The minimum Gasteiger partial charge on any atom is -0.476 e. The summed E-state index contributed by atoms with van der Waals surface area (Å²) in [6.07, 6.45) is 0.483. The molecule has 2 aromatic rings. The third-order valence-corrected chi connectivity index (χ3v) is 3.40. The molecule has 0 saturated heterocycles. The molecule has 0 fully saturated rings. The normalized spacial score (nSPS) is 10.7. The van der Waals surface area contributed by atoms with E-state index >= 15 is 0 Å². The lowest BCUT2D eigenvalue weighted by molar-refractivity contribution is 0.0686. The monoisotopic (exact) mass is 330 g/mol. The van der Waals surface area contributed by atoms with E-state index in [9.17, 15) is 18.7 Å². The van der Waals surface area contributed by atoms with Crippen LogP contribution in [0.5, 0.6) is 0 Å². The molecule has 0 spiro atoms. The lowest BCUT2D eigenvalue weighted by Crippen LogP contribution is -2.10. The van der Waals surface area contributed by atoms with Gasteiger partial charge >= 0.3 is 5.97 Å². The Morgan fingerprint density at radius 3 is 2.68 bits per heavy atom. The molecule has 19 heavy (non-hydrogen) atoms. The Morgan fingerprint density at radius 2 is 2.16 bits per heavy atom. The lowest BCUT2D eigenvalue weighted by atomic mass is 10.2. The van der Waals surface area contributed by atoms with E-state index in [1.54, 1.807) is 6.92 Å². The summed E-state index contributed by atoms with van der Waals surface area (Å²) in [5.41, 5.74) is 0.183. The molecule has 1 heterocycles. The van der Waals surface area contributed by atoms with Crippen LogP contribution in [0.3, 0.4) is 0 Å². The number of carboxylic acid groups (broad SMARTS) is 1. The summed E-state index contributed by atoms with van der Waals surface area (Å²) in [6, 6.07) is 2.88. The maximum absolute atomic E-state index is 13.7. The third-order valence-electron chi connectivity index (χ3n) is 2.57. The summed E-state index contributed by atoms with van der Waals surface area (Å²) in [4.78, 5) is 11.2. The minimum absolute atomic E-state index is 0.112. The first-order valence-corrected chi connectivity index (χ1v) is 6.21. The fraction of sp³-hybridized carbons (Fsp3) is 0.167. The molecular weight excluding hydrogens is 322 g/mol. The molecule has 0 unspecified atom stereocenters. The maximum Gasteiger partial charge on any atom is 0.355 e. The van der Waals surface area contributed by atoms with Gasteiger partial charge in [-0.2, -0.15) is 5.10 Å². The Labute approximate surface area is 115 Å². The molecule has 4 nitrogen and oxygen atoms in total. The van der Waals surface area contributed by atoms with Crippen molar-refractivity contribution in [2.24, 2.45) is 0 Å². The van der Waals surface area contributed by atoms with Crippen molar-refractivity contribution < 1.29 is 18.7 Å². The molecule has 0 amide bonds. The van der Waals surface area contributed by atoms with Crippen molar-refractivity contribution in [2.45, 2.75) is 13.3 Å². The Hall–Kier alpha value is -1.76. The van der Waals surface area contributed by atoms with Crippen LogP contribution in [0, 0.1) is 11.6 Å². The zero-order valence-corrected chi connectivity index (χ0v) is 11.4. The second kappa shape index (κ2) is 5.08. The number of carbonyl (C=O) groups is 1. The van der Waals surface area contributed by atoms with Crippen molar-refractivity contribution in [3.63, 3.8) is 0 Å². The van der Waals surface area contributed by atoms with Crippen LogP contribution in [0.1, 0.15) is 23.1 Å². The van der Waals surface area contributed by atoms with Crippen LogP contribution in [-0.4, -0.2) is 20.9 Å². The summed E-state index contributed by atoms with van der Waals surface area (Å²) >= 11 is 3.14. The number of hydrogen-bond donors (Lipinski definition) is 1. The summed E-state index contributed by atoms with van der Waals surface area (Å²) < 4.78 is 27.8. The highest BCUT2D eigenvalue weighted by Crippen LogP contribution is 2.26. The molecule has 0 aliphatic rings. The Kier molecular flexibility index (Phi) is 3.66. The van der Waals surface area contributed by atoms with Gasteiger partial charge in [0.2, 0.25) is 0 Å². The van der Waals surface area contributed by atoms with Gasteiger partial charge in [0.1, 0.15) is 11.5 Å². The number of aromatic nitrogens is 2. The van der Waals surface area contributed by atoms with Gasteiger partial charge in [-0.25, -0.2) is 18.3 Å². The standard InChI is InChI=1S/C12H9BrF2N2O2/c1-2-8-10(13)11(12(18)19)17(16-8)9-4-3-6(14)5-7(9)15/h3-5H,2H2,1H3,(H,18,19). The van der Waals surface area contributed by atoms with Crippen molar-refractivity contribution in [3.8, 4) is 5.69 Å². The first kappa shape index (κ1) is 13.7. The summed E-state index contributed by atoms with van der Waals surface area (Å²) in [5.74, 6) is -2.86. The van der Waals surface area contributed by atoms with Crippen LogP contribution in [0.4, 0.5) is 8.78 Å². The molecule has 100 valence electrons. The van der Waals surface area contributed by atoms with Crippen molar-refractivity contribution in [1.82, 2.24) is 9.78 Å². The van der Waals surface area contributed by atoms with Crippen LogP contribution in [0.2, 0.25) is 0 Å². The number of rotatable bonds is 3. The highest BCUT2D eigenvalue weighted by Gasteiger charge is 2.23. The van der Waals surface area contributed by atoms with Gasteiger partial charge in [-0.3, -0.25) is 0 Å². The van der Waals surface area contributed by atoms with E-state index in [0.717, 1.165) is 16.8 Å². The van der Waals surface area contributed by atoms with Gasteiger partial charge in [0, 0.05) is 6.07 Å². The van der Waals surface area contributed by atoms with E-state index in [-0.39, 0.29) is 11.4 Å². The fourth-order valence-electron chi connectivity index (χ4n) is 1.68. The largest absolute Gasteiger partial charge is 0.476 e. The molecule has 0 atom stereocenters. The Morgan fingerprint density at radius 1 is 1.47 bits per heavy atom. The molecule has 0 aliphatic carbocycles. The molecule has 0 saturated carbocycles. The summed E-state index contributed by atoms with van der Waals surface area (Å²) in [5, 5.41) is 13.2. The molecular formula is C12H9BrF2N2O2. The first-order chi connectivity index (χ1) is 8.95. The molecule has 1 aromatic heterocycles. The number of hydrogen-bond acceptors (Lipinski definition) is 2. The highest BCUT2D eigenvalue weighted by atomic mass is 79.9. The predicted octanol–water partition coefficient (Wildman–Crippen LogP) is 3.17. The number of benzene rings is 1. The molecule has 7 heteroatoms. The Balaban J connectivity index is 2.71. The third kappa shape index (κ3) is 2.37. The van der Waals surface area contributed by atoms with E-state index in [0.29, 0.717) is 22.7 Å². The van der Waals surface area contributed by atoms with Crippen LogP contribution in [0.15, 0.2) is 22.7 Å². The molecule has 0 aliphatic heterocycles. The van der Waals surface area contributed by atoms with Crippen LogP contribution < -0.4 is 0 Å². The van der Waals surface area contributed by atoms with E-state index in [4.69, 9.17) is 0 Å². The SMILES string of the molecule is CCc1nn(-c2ccc(F)cc2F)c(C(=O)O)c1Br. The van der Waals surface area contributed by atoms with Gasteiger partial charge in [-0.05, 0) is 34.5 Å². The second-order valence-corrected chi connectivity index (χ2v) is 4.57. The number of aromatic carboxylic acids is 1. The van der Waals surface area contributed by atoms with Crippen molar-refractivity contribution >= 4 is 21.9 Å². The highest BCUT2D eigenvalue weighted by molar-refractivity contribution is 9.10. The van der Waals surface area contributed by atoms with E-state index < -0.39 is 17.6 Å². The number of nitrogens with zero attached hydrogens (tertiary/aromatic N) is 2. The van der Waals surface area contributed by atoms with Gasteiger partial charge in [-0.15, -0.1) is 0 Å². The van der Waals surface area contributed by atoms with Crippen molar-refractivity contribution in [3.05, 3.63) is 45.7 Å². The molecule has 2 rings (SSSR count). The van der Waals surface area contributed by atoms with E-state index in [1.165, 1.54) is 0 Å². The summed E-state index contributed by atoms with van der Waals surface area (Å²) in [7, 11) is 0. The first-order valence-electron chi connectivity index (χ1n) is 5.41. The van der Waals surface area contributed by atoms with Gasteiger partial charge in [0.05, 0.1) is 10.2 Å². The molecule has 1 aromatic carbocycles. The Bertz CT molecular complexity index is 655. The summed E-state index contributed by atoms with van der Waals surface area (Å²) in [6.45, 7) is 1.80. The average molecular weight is 331 g/mol. The van der Waals surface area contributed by atoms with Crippen LogP contribution >= 0.6 is 15.9 Å². The number of carboxylic acids is 1. The predicted molar refractivity (Wildman–Crippen MR) is 67.5 cm³/mol. The number of halogens is 3. The van der Waals surface area contributed by atoms with Crippen molar-refractivity contribution in [1.29, 1.82) is 0 Å². The molecule has 0 bridgehead atoms. The van der Waals surface area contributed by atoms with E-state index in [2.05, 4.69) is 21.0 Å². The smallest absolute Gasteiger partial charge is 0.355 e. The quantitative estimate of drug-likeness (QED) is 0.940. The van der Waals surface area contributed by atoms with Gasteiger partial charge in [0.25, 0.3) is 0 Å². The van der Waals surface area contributed by atoms with Crippen LogP contribution in [-0.2, 0) is 6.42 Å². The minimum atomic E-state index is -1.25. The van der Waals surface area contributed by atoms with Crippen molar-refractivity contribution in [2.75, 3.05) is 0 Å². The lowest BCUT2D eigenvalue weighted by Gasteiger charge is -2.05. The van der Waals surface area contributed by atoms with Crippen LogP contribution in [0.25, 0.3) is 5.69 Å². The zero-order valence-electron chi connectivity index (χ0n) is 9.82. The average Bonchev–Trinajstić information content (AvgIpc) is 2.66. The van der Waals surface area contributed by atoms with Gasteiger partial charge < -0.3 is 5.11 Å². The second-order valence-electron chi connectivity index (χ2n) is 3.78. The van der Waals surface area contributed by atoms with E-state index in [1.807, 2.05) is 0 Å². The van der Waals surface area contributed by atoms with Gasteiger partial charge in [0.15, 0.2) is 11.5 Å². The molecule has 0 radical (unpaired) electrons. The number of aryl methyl sites for hydroxylation is 1. The maximum atomic E-state index is 13.7. The fourth-order valence-corrected chi connectivity index (χ4v) is 2.38. The topological polar surface area (TPSA) is 55.1 Å². The van der Waals surface area contributed by atoms with Gasteiger partial charge in [-0.1, -0.05) is 6.92 Å². The zero-order chi connectivity index (χ0) is 14.2.